The molecule has 2 aromatic rings. The second-order valence-electron chi connectivity index (χ2n) is 3.76. The van der Waals surface area contributed by atoms with E-state index in [2.05, 4.69) is 15.5 Å². The van der Waals surface area contributed by atoms with Crippen LogP contribution < -0.4 is 10.1 Å². The summed E-state index contributed by atoms with van der Waals surface area (Å²) in [5.74, 6) is 2.57. The maximum atomic E-state index is 5.20. The number of benzene rings is 1. The van der Waals surface area contributed by atoms with Gasteiger partial charge in [-0.15, -0.1) is 10.2 Å². The van der Waals surface area contributed by atoms with Crippen LogP contribution in [0.15, 0.2) is 24.3 Å². The van der Waals surface area contributed by atoms with Gasteiger partial charge in [-0.1, -0.05) is 12.1 Å². The summed E-state index contributed by atoms with van der Waals surface area (Å²) < 4.78 is 7.18. The van der Waals surface area contributed by atoms with Crippen LogP contribution in [0.25, 0.3) is 11.4 Å². The molecule has 5 heteroatoms. The molecule has 17 heavy (non-hydrogen) atoms. The third kappa shape index (κ3) is 2.29. The van der Waals surface area contributed by atoms with Gasteiger partial charge < -0.3 is 14.6 Å². The summed E-state index contributed by atoms with van der Waals surface area (Å²) in [5.41, 5.74) is 1.00. The Morgan fingerprint density at radius 1 is 1.35 bits per heavy atom. The van der Waals surface area contributed by atoms with Crippen molar-refractivity contribution in [1.82, 2.24) is 20.1 Å². The molecule has 0 aliphatic heterocycles. The summed E-state index contributed by atoms with van der Waals surface area (Å²) in [6.45, 7) is 0.702. The molecule has 1 aromatic carbocycles. The molecule has 0 amide bonds. The highest BCUT2D eigenvalue weighted by Crippen LogP contribution is 2.22. The second kappa shape index (κ2) is 4.97. The van der Waals surface area contributed by atoms with Gasteiger partial charge in [0.2, 0.25) is 0 Å². The van der Waals surface area contributed by atoms with Crippen LogP contribution in [-0.2, 0) is 13.6 Å². The zero-order chi connectivity index (χ0) is 12.3. The number of methoxy groups -OCH3 is 1. The minimum absolute atomic E-state index is 0.702. The van der Waals surface area contributed by atoms with Crippen LogP contribution in [0, 0.1) is 0 Å². The highest BCUT2D eigenvalue weighted by atomic mass is 16.5. The maximum Gasteiger partial charge on any atom is 0.163 e. The predicted octanol–water partition coefficient (Wildman–Crippen LogP) is 1.21. The van der Waals surface area contributed by atoms with Gasteiger partial charge in [-0.05, 0) is 19.2 Å². The molecule has 0 unspecified atom stereocenters. The van der Waals surface area contributed by atoms with Crippen molar-refractivity contribution in [1.29, 1.82) is 0 Å². The SMILES string of the molecule is CNCc1nnc(-c2cccc(OC)c2)n1C. The molecule has 0 spiro atoms. The summed E-state index contributed by atoms with van der Waals surface area (Å²) >= 11 is 0. The largest absolute Gasteiger partial charge is 0.497 e. The fourth-order valence-electron chi connectivity index (χ4n) is 1.69. The van der Waals surface area contributed by atoms with Crippen molar-refractivity contribution < 1.29 is 4.74 Å². The lowest BCUT2D eigenvalue weighted by molar-refractivity contribution is 0.415. The Balaban J connectivity index is 2.38. The summed E-state index contributed by atoms with van der Waals surface area (Å²) in [4.78, 5) is 0. The molecule has 1 heterocycles. The lowest BCUT2D eigenvalue weighted by Crippen LogP contribution is -2.10. The summed E-state index contributed by atoms with van der Waals surface area (Å²) in [7, 11) is 5.50. The van der Waals surface area contributed by atoms with Crippen molar-refractivity contribution in [2.45, 2.75) is 6.54 Å². The van der Waals surface area contributed by atoms with Crippen molar-refractivity contribution in [3.05, 3.63) is 30.1 Å². The van der Waals surface area contributed by atoms with E-state index in [4.69, 9.17) is 4.74 Å². The van der Waals surface area contributed by atoms with Gasteiger partial charge in [-0.2, -0.15) is 0 Å². The van der Waals surface area contributed by atoms with E-state index in [9.17, 15) is 0 Å². The van der Waals surface area contributed by atoms with Gasteiger partial charge in [0.1, 0.15) is 11.6 Å². The minimum Gasteiger partial charge on any atom is -0.497 e. The van der Waals surface area contributed by atoms with Crippen LogP contribution in [0.4, 0.5) is 0 Å². The fraction of sp³-hybridized carbons (Fsp3) is 0.333. The van der Waals surface area contributed by atoms with Gasteiger partial charge >= 0.3 is 0 Å². The molecule has 0 bridgehead atoms. The van der Waals surface area contributed by atoms with E-state index >= 15 is 0 Å². The topological polar surface area (TPSA) is 52.0 Å². The number of rotatable bonds is 4. The highest BCUT2D eigenvalue weighted by Gasteiger charge is 2.10. The van der Waals surface area contributed by atoms with E-state index in [1.165, 1.54) is 0 Å². The van der Waals surface area contributed by atoms with E-state index in [0.29, 0.717) is 6.54 Å². The standard InChI is InChI=1S/C12H16N4O/c1-13-8-11-14-15-12(16(11)2)9-5-4-6-10(7-9)17-3/h4-7,13H,8H2,1-3H3. The summed E-state index contributed by atoms with van der Waals surface area (Å²) in [5, 5.41) is 11.4. The zero-order valence-corrected chi connectivity index (χ0v) is 10.3. The third-order valence-electron chi connectivity index (χ3n) is 2.63. The molecule has 0 radical (unpaired) electrons. The minimum atomic E-state index is 0.702. The highest BCUT2D eigenvalue weighted by molar-refractivity contribution is 5.57. The molecule has 0 aliphatic rings. The number of hydrogen-bond donors (Lipinski definition) is 1. The van der Waals surface area contributed by atoms with Crippen molar-refractivity contribution in [2.24, 2.45) is 7.05 Å². The number of ether oxygens (including phenoxy) is 1. The van der Waals surface area contributed by atoms with Gasteiger partial charge in [0.15, 0.2) is 5.82 Å². The Morgan fingerprint density at radius 2 is 2.18 bits per heavy atom. The molecular weight excluding hydrogens is 216 g/mol. The van der Waals surface area contributed by atoms with Gasteiger partial charge in [0, 0.05) is 12.6 Å². The molecule has 5 nitrogen and oxygen atoms in total. The normalized spacial score (nSPS) is 10.5. The first-order valence-electron chi connectivity index (χ1n) is 5.43. The molecule has 2 rings (SSSR count). The van der Waals surface area contributed by atoms with E-state index in [-0.39, 0.29) is 0 Å². The van der Waals surface area contributed by atoms with E-state index in [1.54, 1.807) is 7.11 Å². The maximum absolute atomic E-state index is 5.20. The van der Waals surface area contributed by atoms with E-state index in [1.807, 2.05) is 42.9 Å². The number of aromatic nitrogens is 3. The number of nitrogens with one attached hydrogen (secondary N) is 1. The molecule has 0 fully saturated rings. The van der Waals surface area contributed by atoms with Crippen LogP contribution in [0.5, 0.6) is 5.75 Å². The Kier molecular flexibility index (Phi) is 3.39. The first kappa shape index (κ1) is 11.6. The van der Waals surface area contributed by atoms with Crippen LogP contribution in [0.2, 0.25) is 0 Å². The second-order valence-corrected chi connectivity index (χ2v) is 3.76. The lowest BCUT2D eigenvalue weighted by Gasteiger charge is -2.05. The smallest absolute Gasteiger partial charge is 0.163 e. The Hall–Kier alpha value is -1.88. The quantitative estimate of drug-likeness (QED) is 0.861. The number of hydrogen-bond acceptors (Lipinski definition) is 4. The monoisotopic (exact) mass is 232 g/mol. The van der Waals surface area contributed by atoms with Gasteiger partial charge in [-0.25, -0.2) is 0 Å². The predicted molar refractivity (Wildman–Crippen MR) is 65.8 cm³/mol. The number of nitrogens with zero attached hydrogens (tertiary/aromatic N) is 3. The van der Waals surface area contributed by atoms with Crippen molar-refractivity contribution in [3.63, 3.8) is 0 Å². The third-order valence-corrected chi connectivity index (χ3v) is 2.63. The molecule has 0 saturated carbocycles. The van der Waals surface area contributed by atoms with Crippen LogP contribution in [0.1, 0.15) is 5.82 Å². The first-order chi connectivity index (χ1) is 8.26. The summed E-state index contributed by atoms with van der Waals surface area (Å²) in [6, 6.07) is 7.80. The Bertz CT molecular complexity index is 507. The van der Waals surface area contributed by atoms with Crippen molar-refractivity contribution >= 4 is 0 Å². The van der Waals surface area contributed by atoms with Crippen LogP contribution in [-0.4, -0.2) is 28.9 Å². The Labute approximate surface area is 100 Å². The van der Waals surface area contributed by atoms with Gasteiger partial charge in [0.05, 0.1) is 13.7 Å². The average molecular weight is 232 g/mol. The fourth-order valence-corrected chi connectivity index (χ4v) is 1.69. The van der Waals surface area contributed by atoms with Gasteiger partial charge in [0.25, 0.3) is 0 Å². The molecule has 0 atom stereocenters. The first-order valence-corrected chi connectivity index (χ1v) is 5.43. The van der Waals surface area contributed by atoms with E-state index < -0.39 is 0 Å². The molecule has 0 aliphatic carbocycles. The van der Waals surface area contributed by atoms with Gasteiger partial charge in [-0.3, -0.25) is 0 Å². The van der Waals surface area contributed by atoms with Crippen LogP contribution >= 0.6 is 0 Å². The average Bonchev–Trinajstić information content (AvgIpc) is 2.72. The van der Waals surface area contributed by atoms with Crippen LogP contribution in [0.3, 0.4) is 0 Å². The van der Waals surface area contributed by atoms with Crippen molar-refractivity contribution in [3.8, 4) is 17.1 Å². The zero-order valence-electron chi connectivity index (χ0n) is 10.3. The molecular formula is C12H16N4O. The molecule has 0 saturated heterocycles. The molecule has 1 aromatic heterocycles. The Morgan fingerprint density at radius 3 is 2.88 bits per heavy atom. The van der Waals surface area contributed by atoms with E-state index in [0.717, 1.165) is 23.0 Å². The molecule has 90 valence electrons. The molecule has 1 N–H and O–H groups in total. The van der Waals surface area contributed by atoms with Crippen molar-refractivity contribution in [2.75, 3.05) is 14.2 Å². The summed E-state index contributed by atoms with van der Waals surface area (Å²) in [6.07, 6.45) is 0. The lowest BCUT2D eigenvalue weighted by atomic mass is 10.2.